The molecule has 3 rings (SSSR count). The SMILES string of the molecule is O=C(CCNC(=O)c1ccsc1)Nc1ccnn1Cc1ccccc1Br. The van der Waals surface area contributed by atoms with Crippen molar-refractivity contribution in [1.29, 1.82) is 0 Å². The van der Waals surface area contributed by atoms with Crippen LogP contribution in [0, 0.1) is 0 Å². The third kappa shape index (κ3) is 4.80. The molecule has 0 atom stereocenters. The van der Waals surface area contributed by atoms with Gasteiger partial charge >= 0.3 is 0 Å². The lowest BCUT2D eigenvalue weighted by molar-refractivity contribution is -0.116. The van der Waals surface area contributed by atoms with Gasteiger partial charge in [0.05, 0.1) is 12.7 Å². The van der Waals surface area contributed by atoms with E-state index in [4.69, 9.17) is 0 Å². The summed E-state index contributed by atoms with van der Waals surface area (Å²) in [7, 11) is 0. The molecule has 0 saturated carbocycles. The topological polar surface area (TPSA) is 76.0 Å². The number of benzene rings is 1. The monoisotopic (exact) mass is 432 g/mol. The van der Waals surface area contributed by atoms with Crippen LogP contribution in [0.25, 0.3) is 0 Å². The van der Waals surface area contributed by atoms with Crippen LogP contribution in [0.5, 0.6) is 0 Å². The molecule has 6 nitrogen and oxygen atoms in total. The van der Waals surface area contributed by atoms with Gasteiger partial charge in [0.25, 0.3) is 5.91 Å². The Balaban J connectivity index is 1.51. The normalized spacial score (nSPS) is 10.5. The van der Waals surface area contributed by atoms with E-state index in [1.54, 1.807) is 28.4 Å². The van der Waals surface area contributed by atoms with Gasteiger partial charge in [-0.05, 0) is 23.1 Å². The van der Waals surface area contributed by atoms with E-state index in [0.717, 1.165) is 10.0 Å². The first-order valence-electron chi connectivity index (χ1n) is 7.99. The molecule has 0 radical (unpaired) electrons. The van der Waals surface area contributed by atoms with Gasteiger partial charge in [0.2, 0.25) is 5.91 Å². The highest BCUT2D eigenvalue weighted by Gasteiger charge is 2.10. The van der Waals surface area contributed by atoms with Gasteiger partial charge in [0.1, 0.15) is 5.82 Å². The average Bonchev–Trinajstić information content (AvgIpc) is 3.29. The van der Waals surface area contributed by atoms with Crippen LogP contribution in [0.2, 0.25) is 0 Å². The Kier molecular flexibility index (Phi) is 6.19. The zero-order valence-electron chi connectivity index (χ0n) is 13.8. The lowest BCUT2D eigenvalue weighted by Crippen LogP contribution is -2.27. The van der Waals surface area contributed by atoms with E-state index in [0.29, 0.717) is 17.9 Å². The Bertz CT molecular complexity index is 892. The summed E-state index contributed by atoms with van der Waals surface area (Å²) >= 11 is 4.97. The molecule has 0 saturated heterocycles. The predicted molar refractivity (Wildman–Crippen MR) is 105 cm³/mol. The highest BCUT2D eigenvalue weighted by molar-refractivity contribution is 9.10. The van der Waals surface area contributed by atoms with Gasteiger partial charge < -0.3 is 10.6 Å². The third-order valence-corrected chi connectivity index (χ3v) is 5.14. The van der Waals surface area contributed by atoms with E-state index >= 15 is 0 Å². The first-order chi connectivity index (χ1) is 12.6. The second-order valence-corrected chi connectivity index (χ2v) is 7.17. The first kappa shape index (κ1) is 18.3. The molecule has 2 amide bonds. The van der Waals surface area contributed by atoms with Crippen molar-refractivity contribution >= 4 is 44.9 Å². The highest BCUT2D eigenvalue weighted by atomic mass is 79.9. The maximum atomic E-state index is 12.1. The van der Waals surface area contributed by atoms with E-state index in [2.05, 4.69) is 31.7 Å². The zero-order valence-corrected chi connectivity index (χ0v) is 16.2. The van der Waals surface area contributed by atoms with Gasteiger partial charge in [-0.2, -0.15) is 16.4 Å². The molecule has 0 aliphatic heterocycles. The predicted octanol–water partition coefficient (Wildman–Crippen LogP) is 3.51. The molecule has 0 bridgehead atoms. The average molecular weight is 433 g/mol. The number of amides is 2. The number of nitrogens with zero attached hydrogens (tertiary/aromatic N) is 2. The number of hydrogen-bond acceptors (Lipinski definition) is 4. The quantitative estimate of drug-likeness (QED) is 0.599. The van der Waals surface area contributed by atoms with Gasteiger partial charge in [-0.15, -0.1) is 0 Å². The molecule has 0 spiro atoms. The van der Waals surface area contributed by atoms with E-state index in [9.17, 15) is 9.59 Å². The molecule has 2 heterocycles. The largest absolute Gasteiger partial charge is 0.351 e. The van der Waals surface area contributed by atoms with Crippen molar-refractivity contribution in [2.75, 3.05) is 11.9 Å². The summed E-state index contributed by atoms with van der Waals surface area (Å²) in [4.78, 5) is 24.0. The molecule has 1 aromatic carbocycles. The number of nitrogens with one attached hydrogen (secondary N) is 2. The highest BCUT2D eigenvalue weighted by Crippen LogP contribution is 2.18. The van der Waals surface area contributed by atoms with Crippen LogP contribution in [-0.4, -0.2) is 28.1 Å². The molecule has 26 heavy (non-hydrogen) atoms. The van der Waals surface area contributed by atoms with Crippen LogP contribution in [0.4, 0.5) is 5.82 Å². The Morgan fingerprint density at radius 1 is 1.19 bits per heavy atom. The molecule has 2 N–H and O–H groups in total. The summed E-state index contributed by atoms with van der Waals surface area (Å²) < 4.78 is 2.71. The zero-order chi connectivity index (χ0) is 18.4. The summed E-state index contributed by atoms with van der Waals surface area (Å²) in [5.74, 6) is 0.275. The number of anilines is 1. The number of carbonyl (C=O) groups is 2. The Morgan fingerprint density at radius 3 is 2.81 bits per heavy atom. The van der Waals surface area contributed by atoms with Gasteiger partial charge in [0.15, 0.2) is 0 Å². The standard InChI is InChI=1S/C18H17BrN4O2S/c19-15-4-2-1-3-13(15)11-23-16(5-9-21-23)22-17(24)6-8-20-18(25)14-7-10-26-12-14/h1-5,7,9-10,12H,6,8,11H2,(H,20,25)(H,22,24). The van der Waals surface area contributed by atoms with E-state index in [1.807, 2.05) is 29.6 Å². The lowest BCUT2D eigenvalue weighted by atomic mass is 10.2. The van der Waals surface area contributed by atoms with Gasteiger partial charge in [-0.25, -0.2) is 4.68 Å². The molecule has 3 aromatic rings. The number of hydrogen-bond donors (Lipinski definition) is 2. The van der Waals surface area contributed by atoms with Crippen molar-refractivity contribution in [3.05, 3.63) is 69.0 Å². The van der Waals surface area contributed by atoms with Crippen LogP contribution in [0.15, 0.2) is 57.8 Å². The Labute approximate surface area is 163 Å². The van der Waals surface area contributed by atoms with Crippen molar-refractivity contribution in [3.63, 3.8) is 0 Å². The summed E-state index contributed by atoms with van der Waals surface area (Å²) in [5, 5.41) is 13.4. The maximum absolute atomic E-state index is 12.1. The van der Waals surface area contributed by atoms with Gasteiger partial charge in [-0.3, -0.25) is 9.59 Å². The van der Waals surface area contributed by atoms with Crippen molar-refractivity contribution in [1.82, 2.24) is 15.1 Å². The minimum absolute atomic E-state index is 0.169. The number of carbonyl (C=O) groups excluding carboxylic acids is 2. The fourth-order valence-electron chi connectivity index (χ4n) is 2.34. The Hall–Kier alpha value is -2.45. The molecule has 8 heteroatoms. The van der Waals surface area contributed by atoms with Crippen LogP contribution in [0.1, 0.15) is 22.3 Å². The molecule has 2 aromatic heterocycles. The van der Waals surface area contributed by atoms with Crippen molar-refractivity contribution in [2.45, 2.75) is 13.0 Å². The van der Waals surface area contributed by atoms with Crippen LogP contribution in [0.3, 0.4) is 0 Å². The van der Waals surface area contributed by atoms with Crippen LogP contribution < -0.4 is 10.6 Å². The second kappa shape index (κ2) is 8.77. The molecule has 0 unspecified atom stereocenters. The van der Waals surface area contributed by atoms with Gasteiger partial charge in [0, 0.05) is 34.4 Å². The number of aromatic nitrogens is 2. The van der Waals surface area contributed by atoms with Crippen molar-refractivity contribution in [3.8, 4) is 0 Å². The van der Waals surface area contributed by atoms with E-state index in [1.165, 1.54) is 11.3 Å². The minimum Gasteiger partial charge on any atom is -0.351 e. The molecular formula is C18H17BrN4O2S. The summed E-state index contributed by atoms with van der Waals surface area (Å²) in [6.07, 6.45) is 1.83. The fraction of sp³-hybridized carbons (Fsp3) is 0.167. The van der Waals surface area contributed by atoms with Crippen molar-refractivity contribution in [2.24, 2.45) is 0 Å². The smallest absolute Gasteiger partial charge is 0.252 e. The summed E-state index contributed by atoms with van der Waals surface area (Å²) in [5.41, 5.74) is 1.68. The Morgan fingerprint density at radius 2 is 2.04 bits per heavy atom. The molecular weight excluding hydrogens is 416 g/mol. The minimum atomic E-state index is -0.176. The van der Waals surface area contributed by atoms with Crippen LogP contribution in [-0.2, 0) is 11.3 Å². The fourth-order valence-corrected chi connectivity index (χ4v) is 3.39. The molecule has 134 valence electrons. The van der Waals surface area contributed by atoms with E-state index in [-0.39, 0.29) is 24.8 Å². The first-order valence-corrected chi connectivity index (χ1v) is 9.72. The summed E-state index contributed by atoms with van der Waals surface area (Å²) in [6, 6.07) is 11.4. The van der Waals surface area contributed by atoms with Crippen molar-refractivity contribution < 1.29 is 9.59 Å². The number of thiophene rings is 1. The lowest BCUT2D eigenvalue weighted by Gasteiger charge is -2.10. The second-order valence-electron chi connectivity index (χ2n) is 5.53. The molecule has 0 aliphatic rings. The molecule has 0 fully saturated rings. The number of rotatable bonds is 7. The maximum Gasteiger partial charge on any atom is 0.252 e. The van der Waals surface area contributed by atoms with Crippen LogP contribution >= 0.6 is 27.3 Å². The summed E-state index contributed by atoms with van der Waals surface area (Å²) in [6.45, 7) is 0.817. The number of halogens is 1. The third-order valence-electron chi connectivity index (χ3n) is 3.68. The van der Waals surface area contributed by atoms with Gasteiger partial charge in [-0.1, -0.05) is 34.1 Å². The molecule has 0 aliphatic carbocycles. The van der Waals surface area contributed by atoms with E-state index < -0.39 is 0 Å².